The highest BCUT2D eigenvalue weighted by molar-refractivity contribution is 14.0. The minimum absolute atomic E-state index is 0. The molecule has 0 unspecified atom stereocenters. The Morgan fingerprint density at radius 1 is 1.23 bits per heavy atom. The lowest BCUT2D eigenvalue weighted by Gasteiger charge is -2.13. The van der Waals surface area contributed by atoms with Gasteiger partial charge in [0.1, 0.15) is 5.75 Å². The number of aliphatic imine (C=N–C) groups is 1. The molecule has 0 saturated carbocycles. The van der Waals surface area contributed by atoms with Crippen molar-refractivity contribution in [3.05, 3.63) is 29.3 Å². The number of ether oxygens (including phenoxy) is 1. The molecule has 0 atom stereocenters. The first-order valence-corrected chi connectivity index (χ1v) is 10.3. The van der Waals surface area contributed by atoms with Crippen molar-refractivity contribution in [2.75, 3.05) is 39.5 Å². The van der Waals surface area contributed by atoms with Gasteiger partial charge in [-0.3, -0.25) is 4.99 Å². The van der Waals surface area contributed by atoms with Gasteiger partial charge in [0.15, 0.2) is 5.96 Å². The van der Waals surface area contributed by atoms with Gasteiger partial charge < -0.3 is 15.4 Å². The van der Waals surface area contributed by atoms with Crippen molar-refractivity contribution < 1.29 is 13.2 Å². The minimum Gasteiger partial charge on any atom is -0.496 e. The van der Waals surface area contributed by atoms with Gasteiger partial charge in [0.25, 0.3) is 0 Å². The highest BCUT2D eigenvalue weighted by Gasteiger charge is 2.04. The van der Waals surface area contributed by atoms with Crippen LogP contribution < -0.4 is 20.1 Å². The molecule has 0 bridgehead atoms. The molecular weight excluding hydrogens is 467 g/mol. The monoisotopic (exact) mass is 498 g/mol. The summed E-state index contributed by atoms with van der Waals surface area (Å²) < 4.78 is 29.9. The van der Waals surface area contributed by atoms with Crippen LogP contribution in [0, 0.1) is 6.92 Å². The number of sulfonamides is 1. The first-order chi connectivity index (χ1) is 11.9. The normalized spacial score (nSPS) is 11.6. The van der Waals surface area contributed by atoms with Crippen LogP contribution in [0.5, 0.6) is 5.75 Å². The lowest BCUT2D eigenvalue weighted by Crippen LogP contribution is -2.38. The van der Waals surface area contributed by atoms with Crippen molar-refractivity contribution in [1.82, 2.24) is 15.4 Å². The number of methoxy groups -OCH3 is 1. The molecule has 0 aliphatic heterocycles. The summed E-state index contributed by atoms with van der Waals surface area (Å²) in [5, 5.41) is 6.48. The van der Waals surface area contributed by atoms with Crippen LogP contribution in [-0.4, -0.2) is 53.9 Å². The van der Waals surface area contributed by atoms with Gasteiger partial charge in [0, 0.05) is 26.2 Å². The van der Waals surface area contributed by atoms with Crippen molar-refractivity contribution in [3.63, 3.8) is 0 Å². The first-order valence-electron chi connectivity index (χ1n) is 8.46. The molecule has 0 radical (unpaired) electrons. The van der Waals surface area contributed by atoms with Crippen LogP contribution >= 0.6 is 24.0 Å². The molecule has 0 saturated heterocycles. The maximum Gasteiger partial charge on any atom is 0.208 e. The third-order valence-electron chi connectivity index (χ3n) is 3.44. The van der Waals surface area contributed by atoms with E-state index in [4.69, 9.17) is 4.74 Å². The molecule has 7 nitrogen and oxygen atoms in total. The fourth-order valence-electron chi connectivity index (χ4n) is 2.29. The maximum absolute atomic E-state index is 11.0. The molecule has 0 aromatic heterocycles. The summed E-state index contributed by atoms with van der Waals surface area (Å²) in [4.78, 5) is 4.45. The van der Waals surface area contributed by atoms with Gasteiger partial charge in [-0.25, -0.2) is 13.1 Å². The molecule has 1 rings (SSSR count). The van der Waals surface area contributed by atoms with Gasteiger partial charge >= 0.3 is 0 Å². The standard InChI is InChI=1S/C17H30N4O3S.HI/c1-5-18-17(19-10-6-11-21-25(4,22)23)20-12-9-15-13-14(2)7-8-16(15)24-3;/h7-8,13,21H,5-6,9-12H2,1-4H3,(H2,18,19,20);1H. The number of aryl methyl sites for hydroxylation is 1. The van der Waals surface area contributed by atoms with Crippen molar-refractivity contribution in [3.8, 4) is 5.75 Å². The predicted molar refractivity (Wildman–Crippen MR) is 118 cm³/mol. The maximum atomic E-state index is 11.0. The Morgan fingerprint density at radius 2 is 1.96 bits per heavy atom. The summed E-state index contributed by atoms with van der Waals surface area (Å²) in [6.07, 6.45) is 2.63. The molecule has 0 aliphatic carbocycles. The molecule has 1 aromatic carbocycles. The van der Waals surface area contributed by atoms with Crippen LogP contribution in [0.4, 0.5) is 0 Å². The Bertz CT molecular complexity index is 666. The molecule has 0 spiro atoms. The van der Waals surface area contributed by atoms with Gasteiger partial charge in [0.2, 0.25) is 10.0 Å². The Labute approximate surface area is 174 Å². The molecular formula is C17H31IN4O3S. The fourth-order valence-corrected chi connectivity index (χ4v) is 2.80. The van der Waals surface area contributed by atoms with Crippen LogP contribution in [0.2, 0.25) is 0 Å². The average molecular weight is 498 g/mol. The largest absolute Gasteiger partial charge is 0.496 e. The SMILES string of the molecule is CCNC(=NCCCNS(C)(=O)=O)NCCc1cc(C)ccc1OC.I. The molecule has 26 heavy (non-hydrogen) atoms. The van der Waals surface area contributed by atoms with Crippen LogP contribution in [0.1, 0.15) is 24.5 Å². The molecule has 9 heteroatoms. The van der Waals surface area contributed by atoms with Crippen molar-refractivity contribution >= 4 is 40.0 Å². The number of rotatable bonds is 10. The van der Waals surface area contributed by atoms with Gasteiger partial charge in [-0.05, 0) is 38.3 Å². The Balaban J connectivity index is 0.00000625. The number of hydrogen-bond acceptors (Lipinski definition) is 4. The topological polar surface area (TPSA) is 91.8 Å². The van der Waals surface area contributed by atoms with E-state index in [1.54, 1.807) is 7.11 Å². The van der Waals surface area contributed by atoms with E-state index in [1.807, 2.05) is 19.1 Å². The van der Waals surface area contributed by atoms with E-state index in [0.29, 0.717) is 19.5 Å². The third-order valence-corrected chi connectivity index (χ3v) is 4.16. The van der Waals surface area contributed by atoms with E-state index in [-0.39, 0.29) is 24.0 Å². The molecule has 3 N–H and O–H groups in total. The minimum atomic E-state index is -3.13. The van der Waals surface area contributed by atoms with E-state index in [2.05, 4.69) is 33.3 Å². The average Bonchev–Trinajstić information content (AvgIpc) is 2.53. The summed E-state index contributed by atoms with van der Waals surface area (Å²) in [6, 6.07) is 6.14. The quantitative estimate of drug-likeness (QED) is 0.198. The number of halogens is 1. The van der Waals surface area contributed by atoms with Crippen molar-refractivity contribution in [2.45, 2.75) is 26.7 Å². The highest BCUT2D eigenvalue weighted by Crippen LogP contribution is 2.19. The van der Waals surface area contributed by atoms with Gasteiger partial charge in [-0.2, -0.15) is 0 Å². The zero-order valence-electron chi connectivity index (χ0n) is 16.0. The number of benzene rings is 1. The fraction of sp³-hybridized carbons (Fsp3) is 0.588. The van der Waals surface area contributed by atoms with E-state index < -0.39 is 10.0 Å². The highest BCUT2D eigenvalue weighted by atomic mass is 127. The van der Waals surface area contributed by atoms with Crippen LogP contribution in [0.25, 0.3) is 0 Å². The summed E-state index contributed by atoms with van der Waals surface area (Å²) in [5.41, 5.74) is 2.36. The molecule has 150 valence electrons. The number of guanidine groups is 1. The zero-order valence-corrected chi connectivity index (χ0v) is 19.1. The van der Waals surface area contributed by atoms with Crippen molar-refractivity contribution in [2.24, 2.45) is 4.99 Å². The summed E-state index contributed by atoms with van der Waals surface area (Å²) in [5.74, 6) is 1.62. The third kappa shape index (κ3) is 10.8. The molecule has 0 fully saturated rings. The molecule has 0 amide bonds. The van der Waals surface area contributed by atoms with Gasteiger partial charge in [-0.1, -0.05) is 17.7 Å². The predicted octanol–water partition coefficient (Wildman–Crippen LogP) is 1.66. The molecule has 1 aromatic rings. The van der Waals surface area contributed by atoms with Crippen LogP contribution in [0.3, 0.4) is 0 Å². The van der Waals surface area contributed by atoms with E-state index in [9.17, 15) is 8.42 Å². The van der Waals surface area contributed by atoms with Crippen molar-refractivity contribution in [1.29, 1.82) is 0 Å². The van der Waals surface area contributed by atoms with E-state index >= 15 is 0 Å². The molecule has 0 aliphatic rings. The van der Waals surface area contributed by atoms with E-state index in [1.165, 1.54) is 5.56 Å². The molecule has 0 heterocycles. The number of nitrogens with one attached hydrogen (secondary N) is 3. The lowest BCUT2D eigenvalue weighted by atomic mass is 10.1. The van der Waals surface area contributed by atoms with Gasteiger partial charge in [-0.15, -0.1) is 24.0 Å². The first kappa shape index (κ1) is 24.9. The second-order valence-corrected chi connectivity index (χ2v) is 7.61. The summed E-state index contributed by atoms with van der Waals surface area (Å²) in [6.45, 7) is 6.50. The second-order valence-electron chi connectivity index (χ2n) is 5.77. The Morgan fingerprint density at radius 3 is 2.58 bits per heavy atom. The Kier molecular flexibility index (Phi) is 12.6. The number of nitrogens with zero attached hydrogens (tertiary/aromatic N) is 1. The Hall–Kier alpha value is -1.07. The van der Waals surface area contributed by atoms with E-state index in [0.717, 1.165) is 43.0 Å². The summed E-state index contributed by atoms with van der Waals surface area (Å²) in [7, 11) is -1.45. The second kappa shape index (κ2) is 13.2. The summed E-state index contributed by atoms with van der Waals surface area (Å²) >= 11 is 0. The van der Waals surface area contributed by atoms with Crippen LogP contribution in [-0.2, 0) is 16.4 Å². The zero-order chi connectivity index (χ0) is 18.7. The van der Waals surface area contributed by atoms with Gasteiger partial charge in [0.05, 0.1) is 13.4 Å². The smallest absolute Gasteiger partial charge is 0.208 e. The van der Waals surface area contributed by atoms with Crippen LogP contribution in [0.15, 0.2) is 23.2 Å². The lowest BCUT2D eigenvalue weighted by molar-refractivity contribution is 0.409. The number of hydrogen-bond donors (Lipinski definition) is 3.